The van der Waals surface area contributed by atoms with Gasteiger partial charge in [0.25, 0.3) is 0 Å². The first-order valence-electron chi connectivity index (χ1n) is 5.05. The number of esters is 1. The molecular weight excluding hydrogens is 166 g/mol. The van der Waals surface area contributed by atoms with Crippen LogP contribution in [-0.2, 0) is 9.53 Å². The standard InChI is InChI=1S/C10H19NO2/c1-4-13-10(12)8-5-9(7(2)3)11-6-8/h7-9,11H,4-6H2,1-3H3/t8-,9+/m1/s1. The van der Waals surface area contributed by atoms with Crippen LogP contribution in [0.4, 0.5) is 0 Å². The highest BCUT2D eigenvalue weighted by Crippen LogP contribution is 2.20. The van der Waals surface area contributed by atoms with Crippen molar-refractivity contribution in [3.8, 4) is 0 Å². The highest BCUT2D eigenvalue weighted by molar-refractivity contribution is 5.73. The second-order valence-corrected chi connectivity index (χ2v) is 3.94. The van der Waals surface area contributed by atoms with E-state index in [2.05, 4.69) is 19.2 Å². The van der Waals surface area contributed by atoms with Crippen LogP contribution in [-0.4, -0.2) is 25.2 Å². The summed E-state index contributed by atoms with van der Waals surface area (Å²) in [6.45, 7) is 7.46. The lowest BCUT2D eigenvalue weighted by Crippen LogP contribution is -2.26. The summed E-state index contributed by atoms with van der Waals surface area (Å²) in [6.07, 6.45) is 0.927. The van der Waals surface area contributed by atoms with E-state index < -0.39 is 0 Å². The van der Waals surface area contributed by atoms with Crippen LogP contribution >= 0.6 is 0 Å². The number of rotatable bonds is 3. The average Bonchev–Trinajstić information content (AvgIpc) is 2.52. The fraction of sp³-hybridized carbons (Fsp3) is 0.900. The van der Waals surface area contributed by atoms with Gasteiger partial charge in [-0.05, 0) is 19.3 Å². The number of hydrogen-bond acceptors (Lipinski definition) is 3. The summed E-state index contributed by atoms with van der Waals surface area (Å²) in [4.78, 5) is 11.4. The van der Waals surface area contributed by atoms with Crippen molar-refractivity contribution >= 4 is 5.97 Å². The molecule has 0 spiro atoms. The zero-order chi connectivity index (χ0) is 9.84. The summed E-state index contributed by atoms with van der Waals surface area (Å²) in [5, 5.41) is 3.34. The van der Waals surface area contributed by atoms with E-state index in [1.165, 1.54) is 0 Å². The number of hydrogen-bond donors (Lipinski definition) is 1. The maximum atomic E-state index is 11.4. The van der Waals surface area contributed by atoms with Crippen LogP contribution in [0.3, 0.4) is 0 Å². The van der Waals surface area contributed by atoms with Gasteiger partial charge in [-0.25, -0.2) is 0 Å². The van der Waals surface area contributed by atoms with Crippen molar-refractivity contribution in [3.05, 3.63) is 0 Å². The van der Waals surface area contributed by atoms with Gasteiger partial charge in [0, 0.05) is 12.6 Å². The van der Waals surface area contributed by atoms with Gasteiger partial charge in [0.05, 0.1) is 12.5 Å². The van der Waals surface area contributed by atoms with E-state index in [0.717, 1.165) is 13.0 Å². The predicted molar refractivity (Wildman–Crippen MR) is 51.4 cm³/mol. The topological polar surface area (TPSA) is 38.3 Å². The van der Waals surface area contributed by atoms with Gasteiger partial charge in [0.2, 0.25) is 0 Å². The number of nitrogens with one attached hydrogen (secondary N) is 1. The molecule has 0 radical (unpaired) electrons. The SMILES string of the molecule is CCOC(=O)[C@H]1CN[C@H](C(C)C)C1. The Morgan fingerprint density at radius 2 is 2.31 bits per heavy atom. The van der Waals surface area contributed by atoms with Crippen LogP contribution in [0.1, 0.15) is 27.2 Å². The summed E-state index contributed by atoms with van der Waals surface area (Å²) in [5.74, 6) is 0.630. The van der Waals surface area contributed by atoms with Crippen LogP contribution in [0.25, 0.3) is 0 Å². The van der Waals surface area contributed by atoms with E-state index >= 15 is 0 Å². The van der Waals surface area contributed by atoms with Gasteiger partial charge in [-0.2, -0.15) is 0 Å². The molecule has 0 saturated carbocycles. The van der Waals surface area contributed by atoms with E-state index in [-0.39, 0.29) is 11.9 Å². The first-order valence-corrected chi connectivity index (χ1v) is 5.05. The molecule has 0 aromatic rings. The molecule has 1 N–H and O–H groups in total. The molecule has 1 fully saturated rings. The Bertz CT molecular complexity index is 180. The monoisotopic (exact) mass is 185 g/mol. The molecule has 1 saturated heterocycles. The highest BCUT2D eigenvalue weighted by Gasteiger charge is 2.31. The van der Waals surface area contributed by atoms with Crippen molar-refractivity contribution in [1.82, 2.24) is 5.32 Å². The first-order chi connectivity index (χ1) is 6.15. The predicted octanol–water partition coefficient (Wildman–Crippen LogP) is 1.18. The van der Waals surface area contributed by atoms with Crippen molar-refractivity contribution in [2.75, 3.05) is 13.2 Å². The number of ether oxygens (including phenoxy) is 1. The van der Waals surface area contributed by atoms with Gasteiger partial charge >= 0.3 is 5.97 Å². The lowest BCUT2D eigenvalue weighted by atomic mass is 9.98. The summed E-state index contributed by atoms with van der Waals surface area (Å²) in [5.41, 5.74) is 0. The molecule has 1 heterocycles. The first kappa shape index (κ1) is 10.5. The molecule has 3 heteroatoms. The third-order valence-corrected chi connectivity index (χ3v) is 2.59. The van der Waals surface area contributed by atoms with Gasteiger partial charge in [-0.15, -0.1) is 0 Å². The molecule has 3 nitrogen and oxygen atoms in total. The lowest BCUT2D eigenvalue weighted by Gasteiger charge is -2.13. The number of carbonyl (C=O) groups is 1. The summed E-state index contributed by atoms with van der Waals surface area (Å²) in [6, 6.07) is 0.481. The van der Waals surface area contributed by atoms with Crippen molar-refractivity contribution in [2.24, 2.45) is 11.8 Å². The second-order valence-electron chi connectivity index (χ2n) is 3.94. The minimum absolute atomic E-state index is 0.0434. The fourth-order valence-electron chi connectivity index (χ4n) is 1.71. The third kappa shape index (κ3) is 2.69. The maximum Gasteiger partial charge on any atom is 0.310 e. The second kappa shape index (κ2) is 4.61. The Morgan fingerprint density at radius 1 is 1.62 bits per heavy atom. The van der Waals surface area contributed by atoms with E-state index in [0.29, 0.717) is 18.6 Å². The minimum Gasteiger partial charge on any atom is -0.466 e. The van der Waals surface area contributed by atoms with E-state index in [9.17, 15) is 4.79 Å². The molecule has 1 aliphatic rings. The molecule has 1 rings (SSSR count). The van der Waals surface area contributed by atoms with Gasteiger partial charge in [0.1, 0.15) is 0 Å². The Balaban J connectivity index is 2.36. The Hall–Kier alpha value is -0.570. The zero-order valence-electron chi connectivity index (χ0n) is 8.67. The molecule has 76 valence electrons. The van der Waals surface area contributed by atoms with Crippen LogP contribution in [0.15, 0.2) is 0 Å². The Labute approximate surface area is 79.8 Å². The Morgan fingerprint density at radius 3 is 2.77 bits per heavy atom. The van der Waals surface area contributed by atoms with Crippen LogP contribution in [0.2, 0.25) is 0 Å². The normalized spacial score (nSPS) is 28.0. The number of carbonyl (C=O) groups excluding carboxylic acids is 1. The molecular formula is C10H19NO2. The van der Waals surface area contributed by atoms with Crippen molar-refractivity contribution < 1.29 is 9.53 Å². The molecule has 0 aromatic carbocycles. The van der Waals surface area contributed by atoms with Crippen molar-refractivity contribution in [2.45, 2.75) is 33.2 Å². The van der Waals surface area contributed by atoms with E-state index in [1.807, 2.05) is 6.92 Å². The van der Waals surface area contributed by atoms with Gasteiger partial charge in [-0.3, -0.25) is 4.79 Å². The van der Waals surface area contributed by atoms with Crippen molar-refractivity contribution in [1.29, 1.82) is 0 Å². The molecule has 0 aliphatic carbocycles. The molecule has 0 amide bonds. The highest BCUT2D eigenvalue weighted by atomic mass is 16.5. The lowest BCUT2D eigenvalue weighted by molar-refractivity contribution is -0.147. The molecule has 1 aliphatic heterocycles. The van der Waals surface area contributed by atoms with Crippen LogP contribution in [0, 0.1) is 11.8 Å². The molecule has 0 unspecified atom stereocenters. The molecule has 0 bridgehead atoms. The van der Waals surface area contributed by atoms with E-state index in [1.54, 1.807) is 0 Å². The van der Waals surface area contributed by atoms with Gasteiger partial charge in [-0.1, -0.05) is 13.8 Å². The zero-order valence-corrected chi connectivity index (χ0v) is 8.67. The summed E-state index contributed by atoms with van der Waals surface area (Å²) < 4.78 is 4.97. The smallest absolute Gasteiger partial charge is 0.310 e. The summed E-state index contributed by atoms with van der Waals surface area (Å²) >= 11 is 0. The van der Waals surface area contributed by atoms with Gasteiger partial charge < -0.3 is 10.1 Å². The quantitative estimate of drug-likeness (QED) is 0.671. The third-order valence-electron chi connectivity index (χ3n) is 2.59. The Kier molecular flexibility index (Phi) is 3.72. The van der Waals surface area contributed by atoms with Crippen LogP contribution < -0.4 is 5.32 Å². The molecule has 13 heavy (non-hydrogen) atoms. The van der Waals surface area contributed by atoms with Gasteiger partial charge in [0.15, 0.2) is 0 Å². The largest absolute Gasteiger partial charge is 0.466 e. The molecule has 2 atom stereocenters. The fourth-order valence-corrected chi connectivity index (χ4v) is 1.71. The minimum atomic E-state index is -0.0434. The molecule has 0 aromatic heterocycles. The van der Waals surface area contributed by atoms with Crippen molar-refractivity contribution in [3.63, 3.8) is 0 Å². The average molecular weight is 185 g/mol. The maximum absolute atomic E-state index is 11.4. The van der Waals surface area contributed by atoms with E-state index in [4.69, 9.17) is 4.74 Å². The van der Waals surface area contributed by atoms with Crippen LogP contribution in [0.5, 0.6) is 0 Å². The summed E-state index contributed by atoms with van der Waals surface area (Å²) in [7, 11) is 0.